The lowest BCUT2D eigenvalue weighted by atomic mass is 10.0. The third-order valence-corrected chi connectivity index (χ3v) is 18.5. The predicted octanol–water partition coefficient (Wildman–Crippen LogP) is 21.6. The molecule has 0 aliphatic rings. The van der Waals surface area contributed by atoms with Gasteiger partial charge in [-0.25, -0.2) is 9.13 Å². The van der Waals surface area contributed by atoms with Gasteiger partial charge in [-0.2, -0.15) is 0 Å². The molecule has 0 radical (unpaired) electrons. The summed E-state index contributed by atoms with van der Waals surface area (Å²) in [6, 6.07) is 0. The van der Waals surface area contributed by atoms with Crippen molar-refractivity contribution in [1.29, 1.82) is 0 Å². The lowest BCUT2D eigenvalue weighted by molar-refractivity contribution is -0.161. The van der Waals surface area contributed by atoms with Crippen LogP contribution in [0.5, 0.6) is 0 Å². The average molecular weight is 1380 g/mol. The van der Waals surface area contributed by atoms with E-state index >= 15 is 0 Å². The first kappa shape index (κ1) is 91.3. The molecule has 19 heteroatoms. The Labute approximate surface area is 573 Å². The number of rotatable bonds is 73. The van der Waals surface area contributed by atoms with Crippen molar-refractivity contribution >= 4 is 39.5 Å². The summed E-state index contributed by atoms with van der Waals surface area (Å²) < 4.78 is 68.4. The van der Waals surface area contributed by atoms with Gasteiger partial charge in [-0.3, -0.25) is 37.3 Å². The van der Waals surface area contributed by atoms with Crippen molar-refractivity contribution in [2.45, 2.75) is 380 Å². The highest BCUT2D eigenvalue weighted by atomic mass is 31.2. The predicted molar refractivity (Wildman–Crippen MR) is 381 cm³/mol. The number of carbonyl (C=O) groups is 4. The van der Waals surface area contributed by atoms with Crippen molar-refractivity contribution in [2.75, 3.05) is 39.6 Å². The molecule has 0 aromatic heterocycles. The fourth-order valence-corrected chi connectivity index (χ4v) is 12.3. The van der Waals surface area contributed by atoms with Gasteiger partial charge in [0.05, 0.1) is 26.4 Å². The van der Waals surface area contributed by atoms with Crippen molar-refractivity contribution in [1.82, 2.24) is 0 Å². The Balaban J connectivity index is 5.28. The fourth-order valence-electron chi connectivity index (χ4n) is 10.7. The van der Waals surface area contributed by atoms with Crippen molar-refractivity contribution < 1.29 is 80.2 Å². The number of unbranched alkanes of at least 4 members (excludes halogenated alkanes) is 41. The average Bonchev–Trinajstić information content (AvgIpc) is 1.22. The van der Waals surface area contributed by atoms with E-state index in [1.807, 2.05) is 0 Å². The second-order valence-corrected chi connectivity index (χ2v) is 28.9. The summed E-state index contributed by atoms with van der Waals surface area (Å²) >= 11 is 0. The molecule has 0 saturated heterocycles. The molecule has 0 amide bonds. The Bertz CT molecular complexity index is 1930. The van der Waals surface area contributed by atoms with Gasteiger partial charge in [0, 0.05) is 25.7 Å². The highest BCUT2D eigenvalue weighted by Gasteiger charge is 2.30. The van der Waals surface area contributed by atoms with Gasteiger partial charge in [0.15, 0.2) is 12.2 Å². The SMILES string of the molecule is CCC/C=C\C/C=C\CCCCCCCC(=O)OC(COC(=O)CCCCCCCCCCCCCCCCC)COP(=O)(O)OCC(O)COP(=O)(O)OCC(COC(=O)CCCCCCC/C=C\CCCCCCCC)OC(=O)CCCCCCCCCCCCC. The number of phosphoric acid groups is 2. The minimum absolute atomic E-state index is 0.0858. The van der Waals surface area contributed by atoms with Crippen LogP contribution in [0.1, 0.15) is 362 Å². The summed E-state index contributed by atoms with van der Waals surface area (Å²) in [5.41, 5.74) is 0. The molecule has 0 heterocycles. The summed E-state index contributed by atoms with van der Waals surface area (Å²) in [5.74, 6) is -2.16. The number of carbonyl (C=O) groups excluding carboxylic acids is 4. The van der Waals surface area contributed by atoms with E-state index in [4.69, 9.17) is 37.0 Å². The molecule has 0 aliphatic heterocycles. The summed E-state index contributed by atoms with van der Waals surface area (Å²) in [5, 5.41) is 10.6. The van der Waals surface area contributed by atoms with Crippen LogP contribution in [-0.4, -0.2) is 96.7 Å². The van der Waals surface area contributed by atoms with E-state index in [0.29, 0.717) is 25.7 Å². The largest absolute Gasteiger partial charge is 0.472 e. The van der Waals surface area contributed by atoms with E-state index in [2.05, 4.69) is 64.2 Å². The number of ether oxygens (including phenoxy) is 4. The van der Waals surface area contributed by atoms with Crippen LogP contribution in [0, 0.1) is 0 Å². The molecular weight excluding hydrogens is 1230 g/mol. The Hall–Kier alpha value is -2.72. The van der Waals surface area contributed by atoms with E-state index in [-0.39, 0.29) is 25.7 Å². The number of aliphatic hydroxyl groups is 1. The van der Waals surface area contributed by atoms with E-state index in [1.165, 1.54) is 148 Å². The van der Waals surface area contributed by atoms with Crippen LogP contribution in [0.25, 0.3) is 0 Å². The van der Waals surface area contributed by atoms with Gasteiger partial charge in [0.1, 0.15) is 19.3 Å². The number of esters is 4. The summed E-state index contributed by atoms with van der Waals surface area (Å²) in [4.78, 5) is 72.7. The Morgan fingerprint density at radius 1 is 0.298 bits per heavy atom. The van der Waals surface area contributed by atoms with Crippen molar-refractivity contribution in [3.63, 3.8) is 0 Å². The van der Waals surface area contributed by atoms with Crippen molar-refractivity contribution in [2.24, 2.45) is 0 Å². The number of hydrogen-bond donors (Lipinski definition) is 3. The molecule has 0 saturated carbocycles. The Kier molecular flexibility index (Phi) is 66.8. The molecular formula is C75H140O17P2. The molecule has 3 N–H and O–H groups in total. The molecule has 0 rings (SSSR count). The molecule has 0 aromatic carbocycles. The first-order chi connectivity index (χ1) is 45.7. The fraction of sp³-hybridized carbons (Fsp3) is 0.867. The maximum Gasteiger partial charge on any atom is 0.472 e. The Morgan fingerprint density at radius 2 is 0.543 bits per heavy atom. The number of allylic oxidation sites excluding steroid dienone is 6. The van der Waals surface area contributed by atoms with Gasteiger partial charge in [-0.05, 0) is 77.0 Å². The van der Waals surface area contributed by atoms with Gasteiger partial charge < -0.3 is 33.8 Å². The lowest BCUT2D eigenvalue weighted by Crippen LogP contribution is -2.30. The summed E-state index contributed by atoms with van der Waals surface area (Å²) in [7, 11) is -9.92. The molecule has 17 nitrogen and oxygen atoms in total. The zero-order chi connectivity index (χ0) is 69.0. The van der Waals surface area contributed by atoms with Crippen LogP contribution < -0.4 is 0 Å². The number of phosphoric ester groups is 2. The molecule has 5 unspecified atom stereocenters. The minimum Gasteiger partial charge on any atom is -0.462 e. The standard InChI is InChI=1S/C75H140O17P2/c1-5-9-13-17-21-25-29-32-34-37-40-43-47-51-55-59-72(77)85-65-70(91-74(79)61-57-53-49-45-39-28-24-20-16-12-8-4)67-89-93(81,82)87-63-69(76)64-88-94(83,84)90-68-71(92-75(80)62-58-54-50-46-42-36-31-27-23-19-15-11-7-3)66-86-73(78)60-56-52-48-44-41-38-35-33-30-26-22-18-14-10-6-2/h15,19,27,31-32,34,69-71,76H,5-14,16-18,20-26,28-30,33,35-68H2,1-4H3,(H,81,82)(H,83,84)/b19-15-,31-27-,34-32-. The molecule has 0 spiro atoms. The second-order valence-electron chi connectivity index (χ2n) is 26.0. The topological polar surface area (TPSA) is 237 Å². The van der Waals surface area contributed by atoms with Gasteiger partial charge >= 0.3 is 39.5 Å². The third-order valence-electron chi connectivity index (χ3n) is 16.6. The maximum atomic E-state index is 13.1. The molecule has 0 aliphatic carbocycles. The first-order valence-corrected chi connectivity index (χ1v) is 41.2. The second kappa shape index (κ2) is 68.8. The smallest absolute Gasteiger partial charge is 0.462 e. The lowest BCUT2D eigenvalue weighted by Gasteiger charge is -2.21. The van der Waals surface area contributed by atoms with Crippen LogP contribution >= 0.6 is 15.6 Å². The van der Waals surface area contributed by atoms with E-state index in [0.717, 1.165) is 135 Å². The van der Waals surface area contributed by atoms with Gasteiger partial charge in [0.2, 0.25) is 0 Å². The van der Waals surface area contributed by atoms with Gasteiger partial charge in [-0.1, -0.05) is 295 Å². The van der Waals surface area contributed by atoms with Crippen molar-refractivity contribution in [3.8, 4) is 0 Å². The minimum atomic E-state index is -4.96. The van der Waals surface area contributed by atoms with E-state index in [1.54, 1.807) is 0 Å². The summed E-state index contributed by atoms with van der Waals surface area (Å²) in [6.07, 6.45) is 62.8. The molecule has 0 fully saturated rings. The molecule has 5 atom stereocenters. The van der Waals surface area contributed by atoms with Gasteiger partial charge in [-0.15, -0.1) is 0 Å². The van der Waals surface area contributed by atoms with Crippen LogP contribution in [0.4, 0.5) is 0 Å². The van der Waals surface area contributed by atoms with Crippen LogP contribution in [0.15, 0.2) is 36.5 Å². The zero-order valence-corrected chi connectivity index (χ0v) is 61.9. The summed E-state index contributed by atoms with van der Waals surface area (Å²) in [6.45, 7) is 4.84. The number of aliphatic hydroxyl groups excluding tert-OH is 1. The highest BCUT2D eigenvalue weighted by Crippen LogP contribution is 2.45. The Morgan fingerprint density at radius 3 is 0.840 bits per heavy atom. The number of hydrogen-bond acceptors (Lipinski definition) is 15. The van der Waals surface area contributed by atoms with E-state index in [9.17, 15) is 43.2 Å². The molecule has 552 valence electrons. The molecule has 94 heavy (non-hydrogen) atoms. The maximum absolute atomic E-state index is 13.1. The molecule has 0 bridgehead atoms. The van der Waals surface area contributed by atoms with E-state index < -0.39 is 97.5 Å². The molecule has 0 aromatic rings. The van der Waals surface area contributed by atoms with Crippen molar-refractivity contribution in [3.05, 3.63) is 36.5 Å². The zero-order valence-electron chi connectivity index (χ0n) is 60.2. The van der Waals surface area contributed by atoms with Crippen LogP contribution in [0.2, 0.25) is 0 Å². The van der Waals surface area contributed by atoms with Gasteiger partial charge in [0.25, 0.3) is 0 Å². The van der Waals surface area contributed by atoms with Crippen LogP contribution in [-0.2, 0) is 65.4 Å². The third kappa shape index (κ3) is 67.8. The first-order valence-electron chi connectivity index (χ1n) is 38.2. The monoisotopic (exact) mass is 1370 g/mol. The normalized spacial score (nSPS) is 14.2. The highest BCUT2D eigenvalue weighted by molar-refractivity contribution is 7.47. The van der Waals surface area contributed by atoms with Crippen LogP contribution in [0.3, 0.4) is 0 Å². The quantitative estimate of drug-likeness (QED) is 0.0169.